The summed E-state index contributed by atoms with van der Waals surface area (Å²) in [5, 5.41) is 8.81. The first-order valence-electron chi connectivity index (χ1n) is 7.63. The zero-order valence-corrected chi connectivity index (χ0v) is 14.1. The lowest BCUT2D eigenvalue weighted by Gasteiger charge is -2.10. The molecule has 0 atom stereocenters. The van der Waals surface area contributed by atoms with E-state index in [1.807, 2.05) is 10.7 Å². The van der Waals surface area contributed by atoms with Crippen molar-refractivity contribution in [1.82, 2.24) is 15.1 Å². The minimum Gasteiger partial charge on any atom is -0.313 e. The highest BCUT2D eigenvalue weighted by molar-refractivity contribution is 6.31. The molecule has 0 aliphatic rings. The second-order valence-electron chi connectivity index (χ2n) is 5.37. The van der Waals surface area contributed by atoms with Crippen LogP contribution in [0.3, 0.4) is 0 Å². The van der Waals surface area contributed by atoms with Crippen molar-refractivity contribution in [2.45, 2.75) is 47.1 Å². The van der Waals surface area contributed by atoms with Crippen LogP contribution in [0, 0.1) is 13.8 Å². The quantitative estimate of drug-likeness (QED) is 0.810. The molecular formula is C17H24ClN3. The number of hydrogen-bond donors (Lipinski definition) is 1. The molecule has 3 nitrogen and oxygen atoms in total. The first-order valence-corrected chi connectivity index (χ1v) is 8.00. The van der Waals surface area contributed by atoms with Crippen molar-refractivity contribution < 1.29 is 0 Å². The van der Waals surface area contributed by atoms with E-state index in [-0.39, 0.29) is 0 Å². The van der Waals surface area contributed by atoms with Gasteiger partial charge < -0.3 is 5.32 Å². The van der Waals surface area contributed by atoms with E-state index >= 15 is 0 Å². The second kappa shape index (κ2) is 7.10. The first-order chi connectivity index (χ1) is 10.1. The third-order valence-electron chi connectivity index (χ3n) is 3.82. The molecule has 0 saturated carbocycles. The minimum atomic E-state index is 0.793. The highest BCUT2D eigenvalue weighted by Crippen LogP contribution is 2.23. The fourth-order valence-corrected chi connectivity index (χ4v) is 2.89. The smallest absolute Gasteiger partial charge is 0.0663 e. The Balaban J connectivity index is 2.28. The molecular weight excluding hydrogens is 282 g/mol. The molecule has 1 aromatic carbocycles. The lowest BCUT2D eigenvalue weighted by molar-refractivity contribution is 0.675. The molecule has 2 aromatic rings. The van der Waals surface area contributed by atoms with Crippen LogP contribution >= 0.6 is 11.6 Å². The van der Waals surface area contributed by atoms with Gasteiger partial charge in [-0.1, -0.05) is 31.5 Å². The van der Waals surface area contributed by atoms with Gasteiger partial charge in [-0.2, -0.15) is 5.10 Å². The fraction of sp³-hybridized carbons (Fsp3) is 0.471. The van der Waals surface area contributed by atoms with Gasteiger partial charge in [-0.25, -0.2) is 4.68 Å². The van der Waals surface area contributed by atoms with Crippen LogP contribution in [0.15, 0.2) is 18.2 Å². The molecule has 0 unspecified atom stereocenters. The normalized spacial score (nSPS) is 11.1. The Morgan fingerprint density at radius 3 is 2.57 bits per heavy atom. The summed E-state index contributed by atoms with van der Waals surface area (Å²) in [5.74, 6) is 0. The van der Waals surface area contributed by atoms with E-state index in [1.165, 1.54) is 11.3 Å². The molecule has 1 aromatic heterocycles. The van der Waals surface area contributed by atoms with Gasteiger partial charge in [0.15, 0.2) is 0 Å². The Morgan fingerprint density at radius 1 is 1.24 bits per heavy atom. The van der Waals surface area contributed by atoms with Gasteiger partial charge in [0.2, 0.25) is 0 Å². The summed E-state index contributed by atoms with van der Waals surface area (Å²) in [6.07, 6.45) is 2.13. The molecule has 0 amide bonds. The molecule has 1 N–H and O–H groups in total. The number of rotatable bonds is 6. The third kappa shape index (κ3) is 3.47. The Hall–Kier alpha value is -1.32. The van der Waals surface area contributed by atoms with E-state index in [0.717, 1.165) is 47.9 Å². The van der Waals surface area contributed by atoms with Crippen LogP contribution < -0.4 is 5.32 Å². The van der Waals surface area contributed by atoms with Gasteiger partial charge in [0.05, 0.1) is 11.4 Å². The molecule has 2 rings (SSSR count). The van der Waals surface area contributed by atoms with Crippen molar-refractivity contribution in [3.05, 3.63) is 45.7 Å². The Bertz CT molecular complexity index is 617. The fourth-order valence-electron chi connectivity index (χ4n) is 2.65. The van der Waals surface area contributed by atoms with Gasteiger partial charge >= 0.3 is 0 Å². The van der Waals surface area contributed by atoms with E-state index in [9.17, 15) is 0 Å². The highest BCUT2D eigenvalue weighted by atomic mass is 35.5. The van der Waals surface area contributed by atoms with Crippen LogP contribution in [0.25, 0.3) is 5.69 Å². The summed E-state index contributed by atoms with van der Waals surface area (Å²) >= 11 is 6.41. The zero-order chi connectivity index (χ0) is 15.4. The van der Waals surface area contributed by atoms with Crippen molar-refractivity contribution in [1.29, 1.82) is 0 Å². The van der Waals surface area contributed by atoms with E-state index in [4.69, 9.17) is 11.6 Å². The van der Waals surface area contributed by atoms with Crippen molar-refractivity contribution in [2.24, 2.45) is 0 Å². The first kappa shape index (κ1) is 16.1. The summed E-state index contributed by atoms with van der Waals surface area (Å²) in [6, 6.07) is 6.18. The maximum absolute atomic E-state index is 6.41. The van der Waals surface area contributed by atoms with Gasteiger partial charge in [-0.15, -0.1) is 0 Å². The van der Waals surface area contributed by atoms with E-state index < -0.39 is 0 Å². The monoisotopic (exact) mass is 305 g/mol. The Morgan fingerprint density at radius 2 is 2.00 bits per heavy atom. The Labute approximate surface area is 132 Å². The molecule has 0 aliphatic heterocycles. The molecule has 0 aliphatic carbocycles. The number of aryl methyl sites for hydroxylation is 1. The lowest BCUT2D eigenvalue weighted by atomic mass is 10.1. The van der Waals surface area contributed by atoms with Crippen LogP contribution in [-0.2, 0) is 13.0 Å². The second-order valence-corrected chi connectivity index (χ2v) is 5.77. The standard InChI is InChI=1S/C17H24ClN3/c1-5-9-19-11-14-7-8-15(10-17(14)18)21-13(4)16(6-2)12(3)20-21/h7-8,10,19H,5-6,9,11H2,1-4H3. The maximum Gasteiger partial charge on any atom is 0.0663 e. The average Bonchev–Trinajstić information content (AvgIpc) is 2.75. The predicted molar refractivity (Wildman–Crippen MR) is 89.4 cm³/mol. The Kier molecular flexibility index (Phi) is 5.43. The molecule has 0 radical (unpaired) electrons. The van der Waals surface area contributed by atoms with Crippen molar-refractivity contribution in [3.63, 3.8) is 0 Å². The highest BCUT2D eigenvalue weighted by Gasteiger charge is 2.12. The number of benzene rings is 1. The van der Waals surface area contributed by atoms with Crippen LogP contribution in [0.4, 0.5) is 0 Å². The third-order valence-corrected chi connectivity index (χ3v) is 4.17. The molecule has 114 valence electrons. The van der Waals surface area contributed by atoms with Crippen LogP contribution in [0.1, 0.15) is 42.8 Å². The number of hydrogen-bond acceptors (Lipinski definition) is 2. The number of nitrogens with one attached hydrogen (secondary N) is 1. The minimum absolute atomic E-state index is 0.793. The molecule has 0 fully saturated rings. The largest absolute Gasteiger partial charge is 0.313 e. The summed E-state index contributed by atoms with van der Waals surface area (Å²) < 4.78 is 1.99. The summed E-state index contributed by atoms with van der Waals surface area (Å²) in [6.45, 7) is 10.3. The lowest BCUT2D eigenvalue weighted by Crippen LogP contribution is -2.14. The van der Waals surface area contributed by atoms with Crippen LogP contribution in [0.5, 0.6) is 0 Å². The molecule has 0 spiro atoms. The number of aromatic nitrogens is 2. The van der Waals surface area contributed by atoms with E-state index in [0.29, 0.717) is 0 Å². The average molecular weight is 306 g/mol. The predicted octanol–water partition coefficient (Wildman–Crippen LogP) is 4.20. The van der Waals surface area contributed by atoms with Gasteiger partial charge in [0.1, 0.15) is 0 Å². The summed E-state index contributed by atoms with van der Waals surface area (Å²) in [7, 11) is 0. The van der Waals surface area contributed by atoms with Gasteiger partial charge in [0.25, 0.3) is 0 Å². The number of nitrogens with zero attached hydrogens (tertiary/aromatic N) is 2. The number of halogens is 1. The van der Waals surface area contributed by atoms with Gasteiger partial charge in [0, 0.05) is 17.3 Å². The van der Waals surface area contributed by atoms with Crippen molar-refractivity contribution >= 4 is 11.6 Å². The summed E-state index contributed by atoms with van der Waals surface area (Å²) in [5.41, 5.74) is 5.77. The molecule has 4 heteroatoms. The van der Waals surface area contributed by atoms with E-state index in [1.54, 1.807) is 0 Å². The van der Waals surface area contributed by atoms with Crippen LogP contribution in [0.2, 0.25) is 5.02 Å². The molecule has 0 saturated heterocycles. The van der Waals surface area contributed by atoms with Gasteiger partial charge in [-0.05, 0) is 56.5 Å². The van der Waals surface area contributed by atoms with Crippen molar-refractivity contribution in [2.75, 3.05) is 6.54 Å². The van der Waals surface area contributed by atoms with Crippen LogP contribution in [-0.4, -0.2) is 16.3 Å². The SMILES string of the molecule is CCCNCc1ccc(-n2nc(C)c(CC)c2C)cc1Cl. The van der Waals surface area contributed by atoms with Crippen molar-refractivity contribution in [3.8, 4) is 5.69 Å². The molecule has 21 heavy (non-hydrogen) atoms. The molecule has 0 bridgehead atoms. The zero-order valence-electron chi connectivity index (χ0n) is 13.3. The van der Waals surface area contributed by atoms with E-state index in [2.05, 4.69) is 50.2 Å². The maximum atomic E-state index is 6.41. The molecule has 1 heterocycles. The topological polar surface area (TPSA) is 29.9 Å². The van der Waals surface area contributed by atoms with Gasteiger partial charge in [-0.3, -0.25) is 0 Å². The summed E-state index contributed by atoms with van der Waals surface area (Å²) in [4.78, 5) is 0.